The maximum atomic E-state index is 5.61. The summed E-state index contributed by atoms with van der Waals surface area (Å²) in [7, 11) is 1.85. The standard InChI is InChI=1S/C29H47N3O/c1-5-6-7-16-30-19-21-32(22-20-30)28-9-8-25(31-17-12-26(33-4)13-18-31)23-27(28)24-10-14-29(2,3)15-11-24/h8-10,23,26H,5-7,11-22H2,1-4H3. The Hall–Kier alpha value is -1.52. The number of benzene rings is 1. The zero-order chi connectivity index (χ0) is 23.3. The number of hydrogen-bond donors (Lipinski definition) is 0. The van der Waals surface area contributed by atoms with Gasteiger partial charge < -0.3 is 14.5 Å². The Kier molecular flexibility index (Phi) is 8.40. The van der Waals surface area contributed by atoms with Gasteiger partial charge >= 0.3 is 0 Å². The first kappa shape index (κ1) is 24.6. The van der Waals surface area contributed by atoms with Crippen molar-refractivity contribution < 1.29 is 4.74 Å². The minimum absolute atomic E-state index is 0.428. The lowest BCUT2D eigenvalue weighted by Gasteiger charge is -2.39. The van der Waals surface area contributed by atoms with Crippen molar-refractivity contribution in [1.29, 1.82) is 0 Å². The molecule has 0 radical (unpaired) electrons. The van der Waals surface area contributed by atoms with E-state index in [9.17, 15) is 0 Å². The van der Waals surface area contributed by atoms with Gasteiger partial charge in [0.2, 0.25) is 0 Å². The molecule has 1 aromatic carbocycles. The monoisotopic (exact) mass is 453 g/mol. The van der Waals surface area contributed by atoms with Crippen LogP contribution in [0.15, 0.2) is 24.3 Å². The van der Waals surface area contributed by atoms with E-state index in [2.05, 4.69) is 59.7 Å². The number of allylic oxidation sites excluding steroid dienone is 2. The van der Waals surface area contributed by atoms with E-state index in [1.165, 1.54) is 75.1 Å². The van der Waals surface area contributed by atoms with Gasteiger partial charge in [-0.2, -0.15) is 0 Å². The fourth-order valence-electron chi connectivity index (χ4n) is 5.72. The molecule has 0 atom stereocenters. The molecule has 2 saturated heterocycles. The molecule has 3 aliphatic rings. The van der Waals surface area contributed by atoms with Crippen LogP contribution in [0.3, 0.4) is 0 Å². The smallest absolute Gasteiger partial charge is 0.0605 e. The second kappa shape index (κ2) is 11.3. The van der Waals surface area contributed by atoms with Gasteiger partial charge in [-0.15, -0.1) is 0 Å². The second-order valence-corrected chi connectivity index (χ2v) is 11.3. The van der Waals surface area contributed by atoms with Crippen LogP contribution in [0.2, 0.25) is 0 Å². The maximum absolute atomic E-state index is 5.61. The maximum Gasteiger partial charge on any atom is 0.0605 e. The van der Waals surface area contributed by atoms with Crippen LogP contribution in [0.4, 0.5) is 11.4 Å². The van der Waals surface area contributed by atoms with Crippen molar-refractivity contribution in [2.45, 2.75) is 78.2 Å². The topological polar surface area (TPSA) is 19.0 Å². The quantitative estimate of drug-likeness (QED) is 0.436. The molecule has 1 aliphatic carbocycles. The van der Waals surface area contributed by atoms with E-state index < -0.39 is 0 Å². The van der Waals surface area contributed by atoms with Crippen LogP contribution in [0.5, 0.6) is 0 Å². The molecule has 0 unspecified atom stereocenters. The molecule has 0 bridgehead atoms. The van der Waals surface area contributed by atoms with E-state index in [0.29, 0.717) is 11.5 Å². The van der Waals surface area contributed by atoms with Crippen LogP contribution in [-0.4, -0.2) is 63.9 Å². The SMILES string of the molecule is CCCCCN1CCN(c2ccc(N3CCC(OC)CC3)cc2C2=CCC(C)(C)CC2)CC1. The third-order valence-corrected chi connectivity index (χ3v) is 8.23. The Morgan fingerprint density at radius 2 is 1.73 bits per heavy atom. The number of nitrogens with zero attached hydrogens (tertiary/aromatic N) is 3. The number of piperidine rings is 1. The summed E-state index contributed by atoms with van der Waals surface area (Å²) in [4.78, 5) is 7.90. The predicted molar refractivity (Wildman–Crippen MR) is 142 cm³/mol. The highest BCUT2D eigenvalue weighted by Crippen LogP contribution is 2.42. The second-order valence-electron chi connectivity index (χ2n) is 11.3. The highest BCUT2D eigenvalue weighted by Gasteiger charge is 2.27. The van der Waals surface area contributed by atoms with Crippen molar-refractivity contribution in [3.63, 3.8) is 0 Å². The van der Waals surface area contributed by atoms with E-state index in [1.807, 2.05) is 7.11 Å². The van der Waals surface area contributed by atoms with Crippen molar-refractivity contribution in [3.8, 4) is 0 Å². The predicted octanol–water partition coefficient (Wildman–Crippen LogP) is 6.21. The number of hydrogen-bond acceptors (Lipinski definition) is 4. The first-order chi connectivity index (χ1) is 16.0. The van der Waals surface area contributed by atoms with Gasteiger partial charge in [-0.1, -0.05) is 39.7 Å². The van der Waals surface area contributed by atoms with Gasteiger partial charge in [0.1, 0.15) is 0 Å². The van der Waals surface area contributed by atoms with Crippen LogP contribution >= 0.6 is 0 Å². The molecular formula is C29H47N3O. The van der Waals surface area contributed by atoms with Gasteiger partial charge in [0.15, 0.2) is 0 Å². The van der Waals surface area contributed by atoms with Gasteiger partial charge in [0, 0.05) is 63.3 Å². The van der Waals surface area contributed by atoms with Gasteiger partial charge in [0.25, 0.3) is 0 Å². The zero-order valence-corrected chi connectivity index (χ0v) is 21.7. The Morgan fingerprint density at radius 3 is 2.36 bits per heavy atom. The van der Waals surface area contributed by atoms with Gasteiger partial charge in [-0.3, -0.25) is 4.90 Å². The number of ether oxygens (including phenoxy) is 1. The molecule has 0 N–H and O–H groups in total. The molecular weight excluding hydrogens is 406 g/mol. The summed E-state index contributed by atoms with van der Waals surface area (Å²) in [5.41, 5.74) is 6.37. The first-order valence-corrected chi connectivity index (χ1v) is 13.6. The molecule has 2 heterocycles. The van der Waals surface area contributed by atoms with Gasteiger partial charge in [-0.05, 0) is 74.3 Å². The summed E-state index contributed by atoms with van der Waals surface area (Å²) in [6.07, 6.45) is 12.9. The number of anilines is 2. The Bertz CT molecular complexity index is 786. The number of rotatable bonds is 8. The average Bonchev–Trinajstić information content (AvgIpc) is 2.84. The lowest BCUT2D eigenvalue weighted by Crippen LogP contribution is -2.47. The van der Waals surface area contributed by atoms with Crippen LogP contribution in [-0.2, 0) is 4.74 Å². The van der Waals surface area contributed by atoms with Crippen LogP contribution in [0, 0.1) is 5.41 Å². The molecule has 0 saturated carbocycles. The van der Waals surface area contributed by atoms with Gasteiger partial charge in [-0.25, -0.2) is 0 Å². The summed E-state index contributed by atoms with van der Waals surface area (Å²) < 4.78 is 5.61. The van der Waals surface area contributed by atoms with Crippen molar-refractivity contribution in [2.75, 3.05) is 62.7 Å². The Balaban J connectivity index is 1.52. The molecule has 0 aromatic heterocycles. The highest BCUT2D eigenvalue weighted by atomic mass is 16.5. The van der Waals surface area contributed by atoms with Crippen molar-refractivity contribution >= 4 is 16.9 Å². The lowest BCUT2D eigenvalue weighted by atomic mass is 9.76. The minimum Gasteiger partial charge on any atom is -0.381 e. The summed E-state index contributed by atoms with van der Waals surface area (Å²) >= 11 is 0. The average molecular weight is 454 g/mol. The third-order valence-electron chi connectivity index (χ3n) is 8.23. The fourth-order valence-corrected chi connectivity index (χ4v) is 5.72. The van der Waals surface area contributed by atoms with E-state index in [1.54, 1.807) is 5.57 Å². The molecule has 4 heteroatoms. The summed E-state index contributed by atoms with van der Waals surface area (Å²) in [6.45, 7) is 15.3. The van der Waals surface area contributed by atoms with E-state index in [-0.39, 0.29) is 0 Å². The van der Waals surface area contributed by atoms with Crippen LogP contribution in [0.1, 0.15) is 77.7 Å². The first-order valence-electron chi connectivity index (χ1n) is 13.6. The van der Waals surface area contributed by atoms with Crippen LogP contribution < -0.4 is 9.80 Å². The Labute approximate surface area is 203 Å². The molecule has 1 aromatic rings. The van der Waals surface area contributed by atoms with E-state index >= 15 is 0 Å². The molecule has 4 nitrogen and oxygen atoms in total. The summed E-state index contributed by atoms with van der Waals surface area (Å²) in [5, 5.41) is 0. The largest absolute Gasteiger partial charge is 0.381 e. The zero-order valence-electron chi connectivity index (χ0n) is 21.7. The Morgan fingerprint density at radius 1 is 0.970 bits per heavy atom. The molecule has 0 amide bonds. The van der Waals surface area contributed by atoms with Crippen molar-refractivity contribution in [3.05, 3.63) is 29.8 Å². The molecule has 184 valence electrons. The van der Waals surface area contributed by atoms with E-state index in [0.717, 1.165) is 39.0 Å². The highest BCUT2D eigenvalue weighted by molar-refractivity contribution is 5.80. The van der Waals surface area contributed by atoms with Crippen molar-refractivity contribution in [1.82, 2.24) is 4.90 Å². The van der Waals surface area contributed by atoms with Gasteiger partial charge in [0.05, 0.1) is 6.10 Å². The molecule has 4 rings (SSSR count). The fraction of sp³-hybridized carbons (Fsp3) is 0.724. The normalized spacial score (nSPS) is 22.5. The molecule has 2 fully saturated rings. The minimum atomic E-state index is 0.428. The number of unbranched alkanes of at least 4 members (excludes halogenated alkanes) is 2. The number of piperazine rings is 1. The molecule has 2 aliphatic heterocycles. The summed E-state index contributed by atoms with van der Waals surface area (Å²) in [5.74, 6) is 0. The van der Waals surface area contributed by atoms with Crippen molar-refractivity contribution in [2.24, 2.45) is 5.41 Å². The lowest BCUT2D eigenvalue weighted by molar-refractivity contribution is 0.0819. The third kappa shape index (κ3) is 6.33. The number of methoxy groups -OCH3 is 1. The molecule has 33 heavy (non-hydrogen) atoms. The summed E-state index contributed by atoms with van der Waals surface area (Å²) in [6, 6.07) is 7.33. The molecule has 0 spiro atoms. The van der Waals surface area contributed by atoms with Crippen LogP contribution in [0.25, 0.3) is 5.57 Å². The van der Waals surface area contributed by atoms with E-state index in [4.69, 9.17) is 4.74 Å².